The third-order valence-electron chi connectivity index (χ3n) is 2.98. The van der Waals surface area contributed by atoms with E-state index >= 15 is 0 Å². The van der Waals surface area contributed by atoms with E-state index in [-0.39, 0.29) is 5.84 Å². The SMILES string of the molecule is Cc1ccc(Oc2cc(C)ccc2C(=N)N)c(C)c1. The van der Waals surface area contributed by atoms with Crippen LogP contribution in [0.25, 0.3) is 0 Å². The molecule has 0 saturated heterocycles. The molecule has 0 amide bonds. The smallest absolute Gasteiger partial charge is 0.138 e. The molecule has 2 aromatic rings. The van der Waals surface area contributed by atoms with Crippen molar-refractivity contribution in [1.29, 1.82) is 5.41 Å². The average molecular weight is 254 g/mol. The van der Waals surface area contributed by atoms with Crippen LogP contribution < -0.4 is 10.5 Å². The van der Waals surface area contributed by atoms with Crippen LogP contribution in [-0.4, -0.2) is 5.84 Å². The van der Waals surface area contributed by atoms with E-state index in [1.165, 1.54) is 5.56 Å². The van der Waals surface area contributed by atoms with Gasteiger partial charge in [-0.2, -0.15) is 0 Å². The summed E-state index contributed by atoms with van der Waals surface area (Å²) in [6.07, 6.45) is 0. The predicted molar refractivity (Wildman–Crippen MR) is 78.2 cm³/mol. The first-order valence-electron chi connectivity index (χ1n) is 6.17. The molecule has 0 aliphatic rings. The van der Waals surface area contributed by atoms with Gasteiger partial charge in [0.1, 0.15) is 17.3 Å². The molecule has 0 heterocycles. The molecule has 0 aliphatic carbocycles. The highest BCUT2D eigenvalue weighted by molar-refractivity contribution is 5.97. The number of hydrogen-bond acceptors (Lipinski definition) is 2. The zero-order valence-electron chi connectivity index (χ0n) is 11.4. The molecular weight excluding hydrogens is 236 g/mol. The Balaban J connectivity index is 2.42. The number of hydrogen-bond donors (Lipinski definition) is 2. The molecule has 3 N–H and O–H groups in total. The van der Waals surface area contributed by atoms with Gasteiger partial charge in [-0.15, -0.1) is 0 Å². The van der Waals surface area contributed by atoms with Gasteiger partial charge in [0.2, 0.25) is 0 Å². The highest BCUT2D eigenvalue weighted by Crippen LogP contribution is 2.29. The third kappa shape index (κ3) is 2.94. The lowest BCUT2D eigenvalue weighted by Crippen LogP contribution is -2.12. The zero-order chi connectivity index (χ0) is 14.0. The summed E-state index contributed by atoms with van der Waals surface area (Å²) in [5.41, 5.74) is 9.53. The number of aryl methyl sites for hydroxylation is 3. The monoisotopic (exact) mass is 254 g/mol. The third-order valence-corrected chi connectivity index (χ3v) is 2.98. The second-order valence-corrected chi connectivity index (χ2v) is 4.78. The molecule has 2 rings (SSSR count). The van der Waals surface area contributed by atoms with Crippen molar-refractivity contribution in [2.45, 2.75) is 20.8 Å². The topological polar surface area (TPSA) is 59.1 Å². The van der Waals surface area contributed by atoms with Crippen LogP contribution in [0.4, 0.5) is 0 Å². The van der Waals surface area contributed by atoms with E-state index in [1.54, 1.807) is 0 Å². The van der Waals surface area contributed by atoms with Crippen LogP contribution in [0.5, 0.6) is 11.5 Å². The number of nitrogen functional groups attached to an aromatic ring is 1. The zero-order valence-corrected chi connectivity index (χ0v) is 11.4. The van der Waals surface area contributed by atoms with Crippen molar-refractivity contribution >= 4 is 5.84 Å². The molecule has 0 spiro atoms. The van der Waals surface area contributed by atoms with Crippen molar-refractivity contribution in [3.05, 3.63) is 58.7 Å². The Morgan fingerprint density at radius 3 is 2.21 bits per heavy atom. The highest BCUT2D eigenvalue weighted by atomic mass is 16.5. The van der Waals surface area contributed by atoms with Crippen molar-refractivity contribution < 1.29 is 4.74 Å². The van der Waals surface area contributed by atoms with Gasteiger partial charge in [0.05, 0.1) is 5.56 Å². The van der Waals surface area contributed by atoms with Crippen molar-refractivity contribution in [1.82, 2.24) is 0 Å². The van der Waals surface area contributed by atoms with Gasteiger partial charge in [-0.3, -0.25) is 5.41 Å². The summed E-state index contributed by atoms with van der Waals surface area (Å²) in [7, 11) is 0. The Bertz CT molecular complexity index is 633. The quantitative estimate of drug-likeness (QED) is 0.648. The molecule has 0 bridgehead atoms. The Kier molecular flexibility index (Phi) is 3.56. The molecule has 0 aromatic heterocycles. The van der Waals surface area contributed by atoms with Crippen molar-refractivity contribution in [2.75, 3.05) is 0 Å². The van der Waals surface area contributed by atoms with E-state index in [4.69, 9.17) is 15.9 Å². The molecule has 3 heteroatoms. The Hall–Kier alpha value is -2.29. The lowest BCUT2D eigenvalue weighted by molar-refractivity contribution is 0.477. The number of ether oxygens (including phenoxy) is 1. The van der Waals surface area contributed by atoms with Crippen LogP contribution >= 0.6 is 0 Å². The minimum atomic E-state index is 0.0137. The van der Waals surface area contributed by atoms with Crippen molar-refractivity contribution in [2.24, 2.45) is 5.73 Å². The van der Waals surface area contributed by atoms with Gasteiger partial charge >= 0.3 is 0 Å². The van der Waals surface area contributed by atoms with Crippen LogP contribution in [0, 0.1) is 26.2 Å². The lowest BCUT2D eigenvalue weighted by Gasteiger charge is -2.13. The molecule has 2 aromatic carbocycles. The Morgan fingerprint density at radius 2 is 1.58 bits per heavy atom. The highest BCUT2D eigenvalue weighted by Gasteiger charge is 2.09. The molecule has 3 nitrogen and oxygen atoms in total. The second-order valence-electron chi connectivity index (χ2n) is 4.78. The fraction of sp³-hybridized carbons (Fsp3) is 0.188. The summed E-state index contributed by atoms with van der Waals surface area (Å²) in [5, 5.41) is 7.60. The van der Waals surface area contributed by atoms with Crippen LogP contribution in [0.1, 0.15) is 22.3 Å². The summed E-state index contributed by atoms with van der Waals surface area (Å²) in [4.78, 5) is 0. The normalized spacial score (nSPS) is 10.3. The summed E-state index contributed by atoms with van der Waals surface area (Å²) >= 11 is 0. The Morgan fingerprint density at radius 1 is 0.947 bits per heavy atom. The van der Waals surface area contributed by atoms with Gasteiger partial charge in [-0.05, 0) is 50.1 Å². The fourth-order valence-corrected chi connectivity index (χ4v) is 1.97. The van der Waals surface area contributed by atoms with E-state index in [0.717, 1.165) is 16.9 Å². The van der Waals surface area contributed by atoms with E-state index < -0.39 is 0 Å². The van der Waals surface area contributed by atoms with E-state index in [9.17, 15) is 0 Å². The second kappa shape index (κ2) is 5.14. The van der Waals surface area contributed by atoms with Crippen LogP contribution in [0.2, 0.25) is 0 Å². The molecule has 98 valence electrons. The maximum absolute atomic E-state index is 7.60. The molecule has 0 radical (unpaired) electrons. The summed E-state index contributed by atoms with van der Waals surface area (Å²) in [5.74, 6) is 1.43. The maximum atomic E-state index is 7.60. The standard InChI is InChI=1S/C16H18N2O/c1-10-5-7-14(12(3)8-10)19-15-9-11(2)4-6-13(15)16(17)18/h4-9H,1-3H3,(H3,17,18). The molecule has 0 aliphatic heterocycles. The summed E-state index contributed by atoms with van der Waals surface area (Å²) < 4.78 is 5.92. The lowest BCUT2D eigenvalue weighted by atomic mass is 10.1. The van der Waals surface area contributed by atoms with Gasteiger partial charge in [0.25, 0.3) is 0 Å². The number of amidine groups is 1. The molecule has 0 unspecified atom stereocenters. The summed E-state index contributed by atoms with van der Waals surface area (Å²) in [6, 6.07) is 11.7. The van der Waals surface area contributed by atoms with Crippen LogP contribution in [0.15, 0.2) is 36.4 Å². The molecule has 0 atom stereocenters. The molecule has 0 fully saturated rings. The first-order valence-corrected chi connectivity index (χ1v) is 6.17. The first kappa shape index (κ1) is 13.1. The van der Waals surface area contributed by atoms with Crippen molar-refractivity contribution in [3.63, 3.8) is 0 Å². The van der Waals surface area contributed by atoms with E-state index in [1.807, 2.05) is 51.1 Å². The van der Waals surface area contributed by atoms with Crippen LogP contribution in [-0.2, 0) is 0 Å². The average Bonchev–Trinajstić information content (AvgIpc) is 2.32. The number of nitrogens with two attached hydrogens (primary N) is 1. The Labute approximate surface area is 113 Å². The first-order chi connectivity index (χ1) is 8.97. The minimum absolute atomic E-state index is 0.0137. The largest absolute Gasteiger partial charge is 0.456 e. The molecular formula is C16H18N2O. The minimum Gasteiger partial charge on any atom is -0.456 e. The van der Waals surface area contributed by atoms with Crippen molar-refractivity contribution in [3.8, 4) is 11.5 Å². The molecule has 0 saturated carbocycles. The number of rotatable bonds is 3. The van der Waals surface area contributed by atoms with Gasteiger partial charge in [0.15, 0.2) is 0 Å². The fourth-order valence-electron chi connectivity index (χ4n) is 1.97. The van der Waals surface area contributed by atoms with Gasteiger partial charge in [-0.25, -0.2) is 0 Å². The van der Waals surface area contributed by atoms with Gasteiger partial charge in [-0.1, -0.05) is 23.8 Å². The van der Waals surface area contributed by atoms with E-state index in [2.05, 4.69) is 6.07 Å². The maximum Gasteiger partial charge on any atom is 0.138 e. The summed E-state index contributed by atoms with van der Waals surface area (Å²) in [6.45, 7) is 6.04. The van der Waals surface area contributed by atoms with Gasteiger partial charge < -0.3 is 10.5 Å². The van der Waals surface area contributed by atoms with Gasteiger partial charge in [0, 0.05) is 0 Å². The van der Waals surface area contributed by atoms with E-state index in [0.29, 0.717) is 11.3 Å². The van der Waals surface area contributed by atoms with Crippen LogP contribution in [0.3, 0.4) is 0 Å². The number of benzene rings is 2. The molecule has 19 heavy (non-hydrogen) atoms. The number of nitrogens with one attached hydrogen (secondary N) is 1. The predicted octanol–water partition coefficient (Wildman–Crippen LogP) is 3.69.